The summed E-state index contributed by atoms with van der Waals surface area (Å²) < 4.78 is 7.31. The number of piperidine rings is 1. The van der Waals surface area contributed by atoms with E-state index in [4.69, 9.17) is 14.8 Å². The number of likely N-dealkylation sites (tertiary alicyclic amines) is 1. The summed E-state index contributed by atoms with van der Waals surface area (Å²) in [5.41, 5.74) is 4.71. The van der Waals surface area contributed by atoms with Gasteiger partial charge in [0.15, 0.2) is 11.4 Å². The Balaban J connectivity index is 1.43. The van der Waals surface area contributed by atoms with Crippen LogP contribution in [0.2, 0.25) is 0 Å². The lowest BCUT2D eigenvalue weighted by Gasteiger charge is -2.36. The molecule has 1 saturated heterocycles. The first-order valence-electron chi connectivity index (χ1n) is 12.7. The Morgan fingerprint density at radius 3 is 2.63 bits per heavy atom. The molecule has 4 aromatic heterocycles. The summed E-state index contributed by atoms with van der Waals surface area (Å²) in [6.07, 6.45) is 10.5. The summed E-state index contributed by atoms with van der Waals surface area (Å²) in [7, 11) is 1.65. The number of aromatic amines is 1. The molecule has 1 N–H and O–H groups in total. The van der Waals surface area contributed by atoms with Crippen molar-refractivity contribution in [2.75, 3.05) is 20.2 Å². The SMILES string of the molecule is CCC(CC)N1CCC(c2cnc(-c3[nH]nc(-c4cc(OC)c5ncnn5c4)c3C(C)C)s2)CC1. The lowest BCUT2D eigenvalue weighted by molar-refractivity contribution is 0.145. The number of aromatic nitrogens is 6. The average molecular weight is 494 g/mol. The van der Waals surface area contributed by atoms with Gasteiger partial charge in [0.1, 0.15) is 11.3 Å². The third kappa shape index (κ3) is 4.47. The number of methoxy groups -OCH3 is 1. The molecule has 5 heterocycles. The maximum absolute atomic E-state index is 5.57. The highest BCUT2D eigenvalue weighted by atomic mass is 32.1. The van der Waals surface area contributed by atoms with Gasteiger partial charge in [0.2, 0.25) is 0 Å². The smallest absolute Gasteiger partial charge is 0.197 e. The predicted molar refractivity (Wildman–Crippen MR) is 140 cm³/mol. The Labute approximate surface area is 210 Å². The van der Waals surface area contributed by atoms with E-state index in [0.717, 1.165) is 33.6 Å². The number of nitrogens with zero attached hydrogens (tertiary/aromatic N) is 6. The van der Waals surface area contributed by atoms with Crippen LogP contribution >= 0.6 is 11.3 Å². The van der Waals surface area contributed by atoms with Crippen molar-refractivity contribution in [2.24, 2.45) is 0 Å². The third-order valence-corrected chi connectivity index (χ3v) is 8.52. The number of rotatable bonds is 8. The minimum Gasteiger partial charge on any atom is -0.493 e. The van der Waals surface area contributed by atoms with Gasteiger partial charge in [-0.05, 0) is 56.7 Å². The molecule has 0 atom stereocenters. The van der Waals surface area contributed by atoms with Crippen molar-refractivity contribution in [3.05, 3.63) is 35.2 Å². The van der Waals surface area contributed by atoms with E-state index in [9.17, 15) is 0 Å². The molecular weight excluding hydrogens is 458 g/mol. The van der Waals surface area contributed by atoms with Crippen LogP contribution in [-0.4, -0.2) is 60.9 Å². The predicted octanol–water partition coefficient (Wildman–Crippen LogP) is 5.74. The Kier molecular flexibility index (Phi) is 6.88. The van der Waals surface area contributed by atoms with Crippen LogP contribution in [0.3, 0.4) is 0 Å². The minimum atomic E-state index is 0.270. The zero-order chi connectivity index (χ0) is 24.5. The van der Waals surface area contributed by atoms with Crippen LogP contribution in [0.15, 0.2) is 24.8 Å². The Morgan fingerprint density at radius 1 is 1.17 bits per heavy atom. The number of H-pyrrole nitrogens is 1. The van der Waals surface area contributed by atoms with E-state index >= 15 is 0 Å². The summed E-state index contributed by atoms with van der Waals surface area (Å²) in [5.74, 6) is 1.54. The van der Waals surface area contributed by atoms with Crippen LogP contribution in [0, 0.1) is 0 Å². The van der Waals surface area contributed by atoms with E-state index in [2.05, 4.69) is 54.0 Å². The van der Waals surface area contributed by atoms with Gasteiger partial charge in [0.05, 0.1) is 18.5 Å². The van der Waals surface area contributed by atoms with Gasteiger partial charge >= 0.3 is 0 Å². The number of ether oxygens (including phenoxy) is 1. The molecule has 0 amide bonds. The summed E-state index contributed by atoms with van der Waals surface area (Å²) in [4.78, 5) is 13.2. The summed E-state index contributed by atoms with van der Waals surface area (Å²) in [6.45, 7) is 11.4. The molecule has 1 fully saturated rings. The zero-order valence-electron chi connectivity index (χ0n) is 21.3. The van der Waals surface area contributed by atoms with E-state index in [1.807, 2.05) is 23.6 Å². The molecule has 4 aromatic rings. The molecule has 0 radical (unpaired) electrons. The number of nitrogens with one attached hydrogen (secondary N) is 1. The molecule has 0 aromatic carbocycles. The Morgan fingerprint density at radius 2 is 1.94 bits per heavy atom. The third-order valence-electron chi connectivity index (χ3n) is 7.34. The van der Waals surface area contributed by atoms with Crippen LogP contribution in [0.1, 0.15) is 75.7 Å². The van der Waals surface area contributed by atoms with Crippen LogP contribution in [0.4, 0.5) is 0 Å². The first kappa shape index (κ1) is 23.9. The van der Waals surface area contributed by atoms with Crippen LogP contribution in [-0.2, 0) is 0 Å². The quantitative estimate of drug-likeness (QED) is 0.337. The highest BCUT2D eigenvalue weighted by Gasteiger charge is 2.27. The van der Waals surface area contributed by atoms with Crippen molar-refractivity contribution in [1.82, 2.24) is 34.7 Å². The van der Waals surface area contributed by atoms with Crippen molar-refractivity contribution in [3.8, 4) is 27.7 Å². The van der Waals surface area contributed by atoms with Crippen molar-refractivity contribution in [2.45, 2.75) is 71.3 Å². The second kappa shape index (κ2) is 10.1. The second-order valence-electron chi connectivity index (χ2n) is 9.69. The zero-order valence-corrected chi connectivity index (χ0v) is 22.1. The average Bonchev–Trinajstić information content (AvgIpc) is 3.63. The molecule has 186 valence electrons. The van der Waals surface area contributed by atoms with E-state index in [0.29, 0.717) is 17.3 Å². The Hall–Kier alpha value is -2.78. The maximum Gasteiger partial charge on any atom is 0.197 e. The van der Waals surface area contributed by atoms with E-state index in [1.165, 1.54) is 50.0 Å². The highest BCUT2D eigenvalue weighted by Crippen LogP contribution is 2.40. The van der Waals surface area contributed by atoms with Gasteiger partial charge in [0, 0.05) is 34.4 Å². The van der Waals surface area contributed by atoms with Crippen molar-refractivity contribution in [1.29, 1.82) is 0 Å². The minimum absolute atomic E-state index is 0.270. The molecule has 0 bridgehead atoms. The molecule has 0 unspecified atom stereocenters. The van der Waals surface area contributed by atoms with Crippen molar-refractivity contribution < 1.29 is 4.74 Å². The number of fused-ring (bicyclic) bond motifs is 1. The van der Waals surface area contributed by atoms with E-state index in [-0.39, 0.29) is 5.92 Å². The van der Waals surface area contributed by atoms with Crippen LogP contribution in [0.25, 0.3) is 27.6 Å². The van der Waals surface area contributed by atoms with Gasteiger partial charge in [-0.15, -0.1) is 11.3 Å². The Bertz CT molecular complexity index is 1280. The molecule has 8 nitrogen and oxygen atoms in total. The molecule has 9 heteroatoms. The lowest BCUT2D eigenvalue weighted by atomic mass is 9.94. The maximum atomic E-state index is 5.57. The summed E-state index contributed by atoms with van der Waals surface area (Å²) >= 11 is 1.81. The molecule has 1 aliphatic heterocycles. The van der Waals surface area contributed by atoms with Crippen molar-refractivity contribution >= 4 is 17.0 Å². The van der Waals surface area contributed by atoms with E-state index in [1.54, 1.807) is 11.6 Å². The molecule has 5 rings (SSSR count). The monoisotopic (exact) mass is 493 g/mol. The fraction of sp³-hybridized carbons (Fsp3) is 0.538. The number of thiazole rings is 1. The number of hydrogen-bond donors (Lipinski definition) is 1. The van der Waals surface area contributed by atoms with E-state index < -0.39 is 0 Å². The first-order valence-corrected chi connectivity index (χ1v) is 13.5. The van der Waals surface area contributed by atoms with Gasteiger partial charge in [-0.25, -0.2) is 14.5 Å². The number of hydrogen-bond acceptors (Lipinski definition) is 7. The number of pyridine rings is 1. The topological polar surface area (TPSA) is 84.2 Å². The fourth-order valence-electron chi connectivity index (χ4n) is 5.42. The highest BCUT2D eigenvalue weighted by molar-refractivity contribution is 7.15. The molecular formula is C26H35N7OS. The first-order chi connectivity index (χ1) is 17.0. The molecule has 0 spiro atoms. The van der Waals surface area contributed by atoms with Gasteiger partial charge in [-0.1, -0.05) is 27.7 Å². The summed E-state index contributed by atoms with van der Waals surface area (Å²) in [6, 6.07) is 2.71. The summed E-state index contributed by atoms with van der Waals surface area (Å²) in [5, 5.41) is 13.4. The van der Waals surface area contributed by atoms with Crippen LogP contribution in [0.5, 0.6) is 5.75 Å². The lowest BCUT2D eigenvalue weighted by Crippen LogP contribution is -2.40. The molecule has 0 aliphatic carbocycles. The van der Waals surface area contributed by atoms with Gasteiger partial charge < -0.3 is 9.64 Å². The van der Waals surface area contributed by atoms with Crippen LogP contribution < -0.4 is 4.74 Å². The van der Waals surface area contributed by atoms with Gasteiger partial charge in [0.25, 0.3) is 0 Å². The second-order valence-corrected chi connectivity index (χ2v) is 10.8. The largest absolute Gasteiger partial charge is 0.493 e. The van der Waals surface area contributed by atoms with Gasteiger partial charge in [-0.2, -0.15) is 10.2 Å². The molecule has 35 heavy (non-hydrogen) atoms. The fourth-order valence-corrected chi connectivity index (χ4v) is 6.51. The standard InChI is InChI=1S/C26H35N7OS/c1-6-19(7-2)32-10-8-17(9-11-32)21-13-27-26(35-21)24-22(16(3)4)23(30-31-24)18-12-20(34-5)25-28-15-29-33(25)14-18/h12-17,19H,6-11H2,1-5H3,(H,30,31). The van der Waals surface area contributed by atoms with Gasteiger partial charge in [-0.3, -0.25) is 5.10 Å². The molecule has 0 saturated carbocycles. The normalized spacial score (nSPS) is 15.6. The van der Waals surface area contributed by atoms with Crippen molar-refractivity contribution in [3.63, 3.8) is 0 Å². The molecule has 1 aliphatic rings.